The minimum Gasteiger partial charge on any atom is -0.487 e. The fraction of sp³-hybridized carbons (Fsp3) is 0.316. The third kappa shape index (κ3) is 4.74. The average molecular weight is 312 g/mol. The summed E-state index contributed by atoms with van der Waals surface area (Å²) in [6.07, 6.45) is 0. The van der Waals surface area contributed by atoms with Gasteiger partial charge in [0.15, 0.2) is 0 Å². The second-order valence-electron chi connectivity index (χ2n) is 5.31. The van der Waals surface area contributed by atoms with Gasteiger partial charge >= 0.3 is 0 Å². The number of nitrogens with zero attached hydrogens (tertiary/aromatic N) is 1. The van der Waals surface area contributed by atoms with Crippen LogP contribution in [0.25, 0.3) is 0 Å². The first kappa shape index (κ1) is 16.9. The van der Waals surface area contributed by atoms with Gasteiger partial charge in [-0.3, -0.25) is 4.79 Å². The molecule has 0 unspecified atom stereocenters. The van der Waals surface area contributed by atoms with Crippen LogP contribution in [0.4, 0.5) is 11.4 Å². The van der Waals surface area contributed by atoms with Crippen molar-refractivity contribution in [3.63, 3.8) is 0 Å². The lowest BCUT2D eigenvalue weighted by molar-refractivity contribution is -0.114. The van der Waals surface area contributed by atoms with E-state index in [1.165, 1.54) is 6.92 Å². The van der Waals surface area contributed by atoms with Crippen LogP contribution in [-0.4, -0.2) is 19.0 Å². The highest BCUT2D eigenvalue weighted by molar-refractivity contribution is 5.89. The fourth-order valence-corrected chi connectivity index (χ4v) is 2.47. The number of hydrogen-bond donors (Lipinski definition) is 1. The van der Waals surface area contributed by atoms with Gasteiger partial charge in [-0.2, -0.15) is 0 Å². The zero-order valence-electron chi connectivity index (χ0n) is 14.0. The first-order valence-electron chi connectivity index (χ1n) is 7.97. The first-order chi connectivity index (χ1) is 11.1. The second kappa shape index (κ2) is 8.22. The quantitative estimate of drug-likeness (QED) is 0.838. The van der Waals surface area contributed by atoms with Crippen LogP contribution in [-0.2, 0) is 11.4 Å². The van der Waals surface area contributed by atoms with Gasteiger partial charge in [0.2, 0.25) is 5.91 Å². The number of anilines is 2. The van der Waals surface area contributed by atoms with Crippen LogP contribution in [0, 0.1) is 0 Å². The van der Waals surface area contributed by atoms with Crippen molar-refractivity contribution in [3.8, 4) is 5.75 Å². The zero-order valence-corrected chi connectivity index (χ0v) is 14.0. The molecule has 2 aromatic rings. The molecule has 4 nitrogen and oxygen atoms in total. The molecule has 2 rings (SSSR count). The Hall–Kier alpha value is -2.49. The van der Waals surface area contributed by atoms with Crippen molar-refractivity contribution < 1.29 is 9.53 Å². The summed E-state index contributed by atoms with van der Waals surface area (Å²) in [5.74, 6) is 0.750. The number of carbonyl (C=O) groups excluding carboxylic acids is 1. The lowest BCUT2D eigenvalue weighted by atomic mass is 10.2. The molecule has 1 N–H and O–H groups in total. The number of nitrogens with one attached hydrogen (secondary N) is 1. The molecule has 23 heavy (non-hydrogen) atoms. The molecule has 122 valence electrons. The Kier molecular flexibility index (Phi) is 6.03. The molecule has 0 atom stereocenters. The molecule has 0 spiro atoms. The summed E-state index contributed by atoms with van der Waals surface area (Å²) in [6.45, 7) is 8.00. The summed E-state index contributed by atoms with van der Waals surface area (Å²) in [5, 5.41) is 2.83. The van der Waals surface area contributed by atoms with Gasteiger partial charge < -0.3 is 15.0 Å². The monoisotopic (exact) mass is 312 g/mol. The van der Waals surface area contributed by atoms with Gasteiger partial charge in [0, 0.05) is 25.7 Å². The Labute approximate surface area is 138 Å². The highest BCUT2D eigenvalue weighted by Crippen LogP contribution is 2.32. The normalized spacial score (nSPS) is 10.2. The highest BCUT2D eigenvalue weighted by atomic mass is 16.5. The topological polar surface area (TPSA) is 41.6 Å². The lowest BCUT2D eigenvalue weighted by Crippen LogP contribution is -2.23. The van der Waals surface area contributed by atoms with E-state index in [2.05, 4.69) is 24.1 Å². The molecule has 0 bridgehead atoms. The van der Waals surface area contributed by atoms with Gasteiger partial charge in [0.1, 0.15) is 12.4 Å². The maximum atomic E-state index is 11.3. The SMILES string of the molecule is CCN(CC)c1cc(NC(C)=O)ccc1OCc1ccccc1. The number of amides is 1. The number of carbonyl (C=O) groups is 1. The van der Waals surface area contributed by atoms with Crippen LogP contribution < -0.4 is 15.0 Å². The number of ether oxygens (including phenoxy) is 1. The summed E-state index contributed by atoms with van der Waals surface area (Å²) < 4.78 is 6.01. The molecule has 0 saturated carbocycles. The Morgan fingerprint density at radius 3 is 2.39 bits per heavy atom. The van der Waals surface area contributed by atoms with E-state index < -0.39 is 0 Å². The molecule has 0 saturated heterocycles. The van der Waals surface area contributed by atoms with Gasteiger partial charge in [-0.15, -0.1) is 0 Å². The number of rotatable bonds is 7. The van der Waals surface area contributed by atoms with Crippen molar-refractivity contribution in [3.05, 3.63) is 54.1 Å². The number of hydrogen-bond acceptors (Lipinski definition) is 3. The van der Waals surface area contributed by atoms with E-state index in [1.54, 1.807) is 0 Å². The molecule has 2 aromatic carbocycles. The van der Waals surface area contributed by atoms with E-state index >= 15 is 0 Å². The fourth-order valence-electron chi connectivity index (χ4n) is 2.47. The largest absolute Gasteiger partial charge is 0.487 e. The van der Waals surface area contributed by atoms with E-state index in [0.29, 0.717) is 6.61 Å². The van der Waals surface area contributed by atoms with Crippen LogP contribution in [0.5, 0.6) is 5.75 Å². The smallest absolute Gasteiger partial charge is 0.221 e. The van der Waals surface area contributed by atoms with Gasteiger partial charge in [0.05, 0.1) is 5.69 Å². The van der Waals surface area contributed by atoms with Crippen molar-refractivity contribution in [1.82, 2.24) is 0 Å². The van der Waals surface area contributed by atoms with Gasteiger partial charge in [-0.25, -0.2) is 0 Å². The Balaban J connectivity index is 2.24. The molecule has 0 fully saturated rings. The predicted octanol–water partition coefficient (Wildman–Crippen LogP) is 4.07. The summed E-state index contributed by atoms with van der Waals surface area (Å²) >= 11 is 0. The summed E-state index contributed by atoms with van der Waals surface area (Å²) in [4.78, 5) is 13.5. The third-order valence-electron chi connectivity index (χ3n) is 3.62. The molecule has 0 heterocycles. The third-order valence-corrected chi connectivity index (χ3v) is 3.62. The summed E-state index contributed by atoms with van der Waals surface area (Å²) in [7, 11) is 0. The van der Waals surface area contributed by atoms with Gasteiger partial charge in [-0.1, -0.05) is 30.3 Å². The molecule has 0 aromatic heterocycles. The lowest BCUT2D eigenvalue weighted by Gasteiger charge is -2.24. The Morgan fingerprint density at radius 2 is 1.78 bits per heavy atom. The van der Waals surface area contributed by atoms with E-state index in [4.69, 9.17) is 4.74 Å². The molecule has 0 radical (unpaired) electrons. The van der Waals surface area contributed by atoms with E-state index in [1.807, 2.05) is 48.5 Å². The van der Waals surface area contributed by atoms with E-state index in [9.17, 15) is 4.79 Å². The van der Waals surface area contributed by atoms with Crippen LogP contribution in [0.15, 0.2) is 48.5 Å². The van der Waals surface area contributed by atoms with Crippen LogP contribution >= 0.6 is 0 Å². The average Bonchev–Trinajstić information content (AvgIpc) is 2.55. The van der Waals surface area contributed by atoms with Gasteiger partial charge in [0.25, 0.3) is 0 Å². The minimum absolute atomic E-state index is 0.0755. The molecule has 0 aliphatic carbocycles. The van der Waals surface area contributed by atoms with Crippen molar-refractivity contribution in [2.24, 2.45) is 0 Å². The summed E-state index contributed by atoms with van der Waals surface area (Å²) in [5.41, 5.74) is 2.91. The molecular weight excluding hydrogens is 288 g/mol. The second-order valence-corrected chi connectivity index (χ2v) is 5.31. The Bertz CT molecular complexity index is 637. The molecule has 1 amide bonds. The Morgan fingerprint density at radius 1 is 1.09 bits per heavy atom. The van der Waals surface area contributed by atoms with Crippen molar-refractivity contribution in [2.75, 3.05) is 23.3 Å². The summed E-state index contributed by atoms with van der Waals surface area (Å²) in [6, 6.07) is 15.8. The molecule has 0 aliphatic heterocycles. The molecule has 0 aliphatic rings. The molecular formula is C19H24N2O2. The van der Waals surface area contributed by atoms with Crippen molar-refractivity contribution in [1.29, 1.82) is 0 Å². The minimum atomic E-state index is -0.0755. The predicted molar refractivity (Wildman–Crippen MR) is 95.1 cm³/mol. The highest BCUT2D eigenvalue weighted by Gasteiger charge is 2.11. The van der Waals surface area contributed by atoms with Gasteiger partial charge in [-0.05, 0) is 37.6 Å². The maximum Gasteiger partial charge on any atom is 0.221 e. The van der Waals surface area contributed by atoms with Crippen LogP contribution in [0.3, 0.4) is 0 Å². The van der Waals surface area contributed by atoms with Crippen LogP contribution in [0.2, 0.25) is 0 Å². The van der Waals surface area contributed by atoms with E-state index in [0.717, 1.165) is 35.8 Å². The zero-order chi connectivity index (χ0) is 16.7. The standard InChI is InChI=1S/C19H24N2O2/c1-4-21(5-2)18-13-17(20-15(3)22)11-12-19(18)23-14-16-9-7-6-8-10-16/h6-13H,4-5,14H2,1-3H3,(H,20,22). The maximum absolute atomic E-state index is 11.3. The van der Waals surface area contributed by atoms with Crippen molar-refractivity contribution in [2.45, 2.75) is 27.4 Å². The van der Waals surface area contributed by atoms with Crippen molar-refractivity contribution >= 4 is 17.3 Å². The first-order valence-corrected chi connectivity index (χ1v) is 7.97. The van der Waals surface area contributed by atoms with E-state index in [-0.39, 0.29) is 5.91 Å². The molecule has 4 heteroatoms. The van der Waals surface area contributed by atoms with Crippen LogP contribution in [0.1, 0.15) is 26.3 Å². The number of benzene rings is 2.